The van der Waals surface area contributed by atoms with Crippen LogP contribution in [0.25, 0.3) is 27.8 Å². The summed E-state index contributed by atoms with van der Waals surface area (Å²) in [5, 5.41) is 0. The summed E-state index contributed by atoms with van der Waals surface area (Å²) in [7, 11) is 0. The Hall–Kier alpha value is -2.86. The van der Waals surface area contributed by atoms with Crippen LogP contribution in [0.2, 0.25) is 0 Å². The third-order valence-corrected chi connectivity index (χ3v) is 6.09. The molecule has 0 spiro atoms. The minimum atomic E-state index is 1.14. The largest absolute Gasteiger partial charge is 0.0836 e. The smallest absolute Gasteiger partial charge is 0.00516 e. The Bertz CT molecular complexity index is 1110. The first-order valence-electron chi connectivity index (χ1n) is 9.89. The van der Waals surface area contributed by atoms with Gasteiger partial charge < -0.3 is 0 Å². The highest BCUT2D eigenvalue weighted by Gasteiger charge is 2.21. The van der Waals surface area contributed by atoms with E-state index in [0.29, 0.717) is 0 Å². The molecule has 3 aromatic rings. The Balaban J connectivity index is 1.61. The molecule has 0 saturated heterocycles. The maximum atomic E-state index is 2.40. The van der Waals surface area contributed by atoms with Gasteiger partial charge in [-0.05, 0) is 95.3 Å². The van der Waals surface area contributed by atoms with Crippen LogP contribution in [0.1, 0.15) is 35.1 Å². The molecule has 0 aromatic heterocycles. The third-order valence-electron chi connectivity index (χ3n) is 6.09. The molecule has 0 atom stereocenters. The molecule has 0 aliphatic heterocycles. The van der Waals surface area contributed by atoms with Crippen LogP contribution in [0, 0.1) is 13.8 Å². The summed E-state index contributed by atoms with van der Waals surface area (Å²) in [6.07, 6.45) is 8.21. The molecule has 0 bridgehead atoms. The zero-order chi connectivity index (χ0) is 18.4. The lowest BCUT2D eigenvalue weighted by atomic mass is 9.91. The highest BCUT2D eigenvalue weighted by molar-refractivity contribution is 5.87. The molecule has 0 amide bonds. The molecule has 27 heavy (non-hydrogen) atoms. The average Bonchev–Trinajstić information content (AvgIpc) is 3.07. The zero-order valence-corrected chi connectivity index (χ0v) is 16.0. The van der Waals surface area contributed by atoms with Gasteiger partial charge in [-0.1, -0.05) is 66.3 Å². The van der Waals surface area contributed by atoms with E-state index >= 15 is 0 Å². The van der Waals surface area contributed by atoms with Crippen molar-refractivity contribution < 1.29 is 0 Å². The summed E-state index contributed by atoms with van der Waals surface area (Å²) in [4.78, 5) is 0. The molecule has 2 aliphatic carbocycles. The van der Waals surface area contributed by atoms with Gasteiger partial charge >= 0.3 is 0 Å². The second-order valence-electron chi connectivity index (χ2n) is 7.85. The molecule has 0 N–H and O–H groups in total. The van der Waals surface area contributed by atoms with Crippen molar-refractivity contribution in [2.24, 2.45) is 0 Å². The Morgan fingerprint density at radius 3 is 2.30 bits per heavy atom. The lowest BCUT2D eigenvalue weighted by Crippen LogP contribution is -1.90. The van der Waals surface area contributed by atoms with Crippen LogP contribution >= 0.6 is 0 Å². The maximum Gasteiger partial charge on any atom is -0.00516 e. The van der Waals surface area contributed by atoms with Crippen molar-refractivity contribution in [3.63, 3.8) is 0 Å². The Morgan fingerprint density at radius 1 is 0.704 bits per heavy atom. The number of aryl methyl sites for hydroxylation is 2. The van der Waals surface area contributed by atoms with Crippen molar-refractivity contribution >= 4 is 5.57 Å². The van der Waals surface area contributed by atoms with E-state index in [-0.39, 0.29) is 0 Å². The molecular formula is C27H24. The quantitative estimate of drug-likeness (QED) is 0.456. The maximum absolute atomic E-state index is 2.40. The Kier molecular flexibility index (Phi) is 3.86. The van der Waals surface area contributed by atoms with Crippen LogP contribution in [-0.4, -0.2) is 0 Å². The normalized spacial score (nSPS) is 15.0. The number of rotatable bonds is 2. The van der Waals surface area contributed by atoms with Gasteiger partial charge in [0.2, 0.25) is 0 Å². The lowest BCUT2D eigenvalue weighted by molar-refractivity contribution is 0.935. The molecule has 0 heterocycles. The fourth-order valence-electron chi connectivity index (χ4n) is 4.53. The van der Waals surface area contributed by atoms with E-state index in [1.807, 2.05) is 0 Å². The fraction of sp³-hybridized carbons (Fsp3) is 0.185. The van der Waals surface area contributed by atoms with Gasteiger partial charge in [0, 0.05) is 0 Å². The molecule has 0 radical (unpaired) electrons. The number of allylic oxidation sites excluding steroid dienone is 4. The predicted octanol–water partition coefficient (Wildman–Crippen LogP) is 7.30. The molecule has 0 unspecified atom stereocenters. The number of benzene rings is 3. The monoisotopic (exact) mass is 348 g/mol. The van der Waals surface area contributed by atoms with Crippen LogP contribution in [0.4, 0.5) is 0 Å². The number of fused-ring (bicyclic) bond motifs is 2. The standard InChI is InChI=1S/C27H24/c1-18-7-3-5-9-24(18)26-16-20(12-11-19(26)2)21-13-14-23-15-22-8-4-6-10-25(22)27(23)17-21/h3,5-7,9-14,16-17H,4,8,15H2,1-2H3. The van der Waals surface area contributed by atoms with Crippen LogP contribution < -0.4 is 0 Å². The SMILES string of the molecule is Cc1ccccc1-c1cc(-c2ccc3c(c2)C2=C(CCC=C2)C3)ccc1C. The summed E-state index contributed by atoms with van der Waals surface area (Å²) in [6, 6.07) is 22.6. The second kappa shape index (κ2) is 6.39. The van der Waals surface area contributed by atoms with E-state index in [1.54, 1.807) is 5.57 Å². The lowest BCUT2D eigenvalue weighted by Gasteiger charge is -2.13. The minimum absolute atomic E-state index is 1.14. The summed E-state index contributed by atoms with van der Waals surface area (Å²) in [5.74, 6) is 0. The van der Waals surface area contributed by atoms with Crippen LogP contribution in [-0.2, 0) is 6.42 Å². The Labute approximate surface area is 161 Å². The first-order valence-corrected chi connectivity index (χ1v) is 9.89. The van der Waals surface area contributed by atoms with Gasteiger partial charge in [0.05, 0.1) is 0 Å². The average molecular weight is 348 g/mol. The van der Waals surface area contributed by atoms with Gasteiger partial charge in [-0.15, -0.1) is 0 Å². The van der Waals surface area contributed by atoms with Crippen molar-refractivity contribution in [3.05, 3.63) is 101 Å². The van der Waals surface area contributed by atoms with Crippen LogP contribution in [0.3, 0.4) is 0 Å². The fourth-order valence-corrected chi connectivity index (χ4v) is 4.53. The van der Waals surface area contributed by atoms with E-state index in [1.165, 1.54) is 62.9 Å². The summed E-state index contributed by atoms with van der Waals surface area (Å²) < 4.78 is 0. The molecule has 0 heteroatoms. The second-order valence-corrected chi connectivity index (χ2v) is 7.85. The van der Waals surface area contributed by atoms with Crippen LogP contribution in [0.15, 0.2) is 78.4 Å². The Morgan fingerprint density at radius 2 is 1.44 bits per heavy atom. The topological polar surface area (TPSA) is 0 Å². The van der Waals surface area contributed by atoms with Crippen molar-refractivity contribution in [2.75, 3.05) is 0 Å². The molecule has 3 aromatic carbocycles. The molecule has 0 fully saturated rings. The van der Waals surface area contributed by atoms with Crippen molar-refractivity contribution in [1.82, 2.24) is 0 Å². The first-order chi connectivity index (χ1) is 13.2. The molecule has 2 aliphatic rings. The molecular weight excluding hydrogens is 324 g/mol. The van der Waals surface area contributed by atoms with E-state index in [2.05, 4.69) is 86.7 Å². The minimum Gasteiger partial charge on any atom is -0.0836 e. The van der Waals surface area contributed by atoms with E-state index < -0.39 is 0 Å². The summed E-state index contributed by atoms with van der Waals surface area (Å²) >= 11 is 0. The van der Waals surface area contributed by atoms with Gasteiger partial charge in [-0.2, -0.15) is 0 Å². The van der Waals surface area contributed by atoms with E-state index in [0.717, 1.165) is 6.42 Å². The van der Waals surface area contributed by atoms with Crippen molar-refractivity contribution in [2.45, 2.75) is 33.1 Å². The van der Waals surface area contributed by atoms with Crippen molar-refractivity contribution in [1.29, 1.82) is 0 Å². The van der Waals surface area contributed by atoms with Crippen molar-refractivity contribution in [3.8, 4) is 22.3 Å². The van der Waals surface area contributed by atoms with E-state index in [9.17, 15) is 0 Å². The number of hydrogen-bond donors (Lipinski definition) is 0. The molecule has 132 valence electrons. The van der Waals surface area contributed by atoms with Gasteiger partial charge in [-0.25, -0.2) is 0 Å². The molecule has 0 saturated carbocycles. The van der Waals surface area contributed by atoms with Gasteiger partial charge in [0.15, 0.2) is 0 Å². The van der Waals surface area contributed by atoms with E-state index in [4.69, 9.17) is 0 Å². The zero-order valence-electron chi connectivity index (χ0n) is 16.0. The first kappa shape index (κ1) is 16.3. The highest BCUT2D eigenvalue weighted by atomic mass is 14.3. The molecule has 0 nitrogen and oxygen atoms in total. The van der Waals surface area contributed by atoms with Gasteiger partial charge in [-0.3, -0.25) is 0 Å². The van der Waals surface area contributed by atoms with Crippen LogP contribution in [0.5, 0.6) is 0 Å². The predicted molar refractivity (Wildman–Crippen MR) is 116 cm³/mol. The van der Waals surface area contributed by atoms with Gasteiger partial charge in [0.1, 0.15) is 0 Å². The molecule has 5 rings (SSSR count). The highest BCUT2D eigenvalue weighted by Crippen LogP contribution is 2.40. The van der Waals surface area contributed by atoms with Gasteiger partial charge in [0.25, 0.3) is 0 Å². The summed E-state index contributed by atoms with van der Waals surface area (Å²) in [5.41, 5.74) is 14.0. The number of hydrogen-bond acceptors (Lipinski definition) is 0. The third kappa shape index (κ3) is 2.77. The summed E-state index contributed by atoms with van der Waals surface area (Å²) in [6.45, 7) is 4.40.